The van der Waals surface area contributed by atoms with Crippen LogP contribution >= 0.6 is 0 Å². The van der Waals surface area contributed by atoms with Crippen molar-refractivity contribution in [2.24, 2.45) is 0 Å². The molecular formula is C13H19NO3. The predicted molar refractivity (Wildman–Crippen MR) is 66.5 cm³/mol. The van der Waals surface area contributed by atoms with E-state index in [-0.39, 0.29) is 17.7 Å². The number of nitrogens with one attached hydrogen (secondary N) is 1. The average Bonchev–Trinajstić information content (AvgIpc) is 2.29. The maximum Gasteiger partial charge on any atom is 0.251 e. The first-order valence-corrected chi connectivity index (χ1v) is 5.76. The summed E-state index contributed by atoms with van der Waals surface area (Å²) in [7, 11) is 1.47. The first-order chi connectivity index (χ1) is 8.08. The monoisotopic (exact) mass is 237 g/mol. The second-order valence-corrected chi connectivity index (χ2v) is 4.05. The van der Waals surface area contributed by atoms with Crippen LogP contribution < -0.4 is 10.1 Å². The van der Waals surface area contributed by atoms with Crippen LogP contribution in [0.5, 0.6) is 11.5 Å². The van der Waals surface area contributed by atoms with Crippen molar-refractivity contribution in [3.05, 3.63) is 23.8 Å². The third kappa shape index (κ3) is 3.66. The van der Waals surface area contributed by atoms with Crippen molar-refractivity contribution in [1.82, 2.24) is 5.32 Å². The lowest BCUT2D eigenvalue weighted by Crippen LogP contribution is -2.32. The van der Waals surface area contributed by atoms with E-state index >= 15 is 0 Å². The molecule has 0 aliphatic rings. The van der Waals surface area contributed by atoms with E-state index in [1.165, 1.54) is 13.2 Å². The molecule has 0 aliphatic carbocycles. The van der Waals surface area contributed by atoms with E-state index in [9.17, 15) is 9.90 Å². The van der Waals surface area contributed by atoms with Crippen LogP contribution in [0.2, 0.25) is 0 Å². The number of hydrogen-bond acceptors (Lipinski definition) is 3. The van der Waals surface area contributed by atoms with Crippen LogP contribution in [0.4, 0.5) is 0 Å². The van der Waals surface area contributed by atoms with Gasteiger partial charge >= 0.3 is 0 Å². The zero-order valence-corrected chi connectivity index (χ0v) is 10.5. The maximum atomic E-state index is 11.8. The molecule has 1 atom stereocenters. The molecule has 0 spiro atoms. The molecule has 0 aromatic heterocycles. The highest BCUT2D eigenvalue weighted by Crippen LogP contribution is 2.26. The predicted octanol–water partition coefficient (Wildman–Crippen LogP) is 2.32. The molecule has 0 saturated carbocycles. The summed E-state index contributed by atoms with van der Waals surface area (Å²) in [5, 5.41) is 12.4. The van der Waals surface area contributed by atoms with Crippen molar-refractivity contribution >= 4 is 5.91 Å². The summed E-state index contributed by atoms with van der Waals surface area (Å²) in [4.78, 5) is 11.8. The zero-order chi connectivity index (χ0) is 12.8. The quantitative estimate of drug-likeness (QED) is 0.826. The van der Waals surface area contributed by atoms with Gasteiger partial charge in [0, 0.05) is 11.6 Å². The third-order valence-corrected chi connectivity index (χ3v) is 2.54. The molecule has 1 aromatic carbocycles. The van der Waals surface area contributed by atoms with Crippen molar-refractivity contribution in [3.63, 3.8) is 0 Å². The van der Waals surface area contributed by atoms with Crippen molar-refractivity contribution in [2.45, 2.75) is 32.7 Å². The highest BCUT2D eigenvalue weighted by molar-refractivity contribution is 5.95. The summed E-state index contributed by atoms with van der Waals surface area (Å²) in [6, 6.07) is 4.76. The van der Waals surface area contributed by atoms with E-state index in [1.54, 1.807) is 12.1 Å². The van der Waals surface area contributed by atoms with Crippen LogP contribution in [0.15, 0.2) is 18.2 Å². The summed E-state index contributed by atoms with van der Waals surface area (Å²) >= 11 is 0. The van der Waals surface area contributed by atoms with Gasteiger partial charge in [0.15, 0.2) is 11.5 Å². The van der Waals surface area contributed by atoms with Gasteiger partial charge in [0.25, 0.3) is 5.91 Å². The molecule has 0 fully saturated rings. The van der Waals surface area contributed by atoms with Gasteiger partial charge in [-0.1, -0.05) is 13.3 Å². The third-order valence-electron chi connectivity index (χ3n) is 2.54. The number of aromatic hydroxyl groups is 1. The summed E-state index contributed by atoms with van der Waals surface area (Å²) in [5.41, 5.74) is 0.436. The normalized spacial score (nSPS) is 11.9. The van der Waals surface area contributed by atoms with Gasteiger partial charge in [-0.05, 0) is 31.5 Å². The first-order valence-electron chi connectivity index (χ1n) is 5.76. The Morgan fingerprint density at radius 3 is 2.76 bits per heavy atom. The van der Waals surface area contributed by atoms with E-state index in [0.717, 1.165) is 12.8 Å². The molecule has 0 aliphatic heterocycles. The summed E-state index contributed by atoms with van der Waals surface area (Å²) in [5.74, 6) is 0.162. The van der Waals surface area contributed by atoms with Crippen LogP contribution in [0.25, 0.3) is 0 Å². The maximum absolute atomic E-state index is 11.8. The van der Waals surface area contributed by atoms with Gasteiger partial charge in [-0.15, -0.1) is 0 Å². The van der Waals surface area contributed by atoms with Crippen LogP contribution in [0, 0.1) is 0 Å². The standard InChI is InChI=1S/C13H19NO3/c1-4-5-9(2)14-13(16)10-6-7-12(17-3)11(15)8-10/h6-9,15H,4-5H2,1-3H3,(H,14,16). The number of ether oxygens (including phenoxy) is 1. The highest BCUT2D eigenvalue weighted by atomic mass is 16.5. The molecular weight excluding hydrogens is 218 g/mol. The molecule has 1 rings (SSSR count). The number of carbonyl (C=O) groups is 1. The number of carbonyl (C=O) groups excluding carboxylic acids is 1. The highest BCUT2D eigenvalue weighted by Gasteiger charge is 2.11. The molecule has 0 radical (unpaired) electrons. The topological polar surface area (TPSA) is 58.6 Å². The number of phenolic OH excluding ortho intramolecular Hbond substituents is 1. The van der Waals surface area contributed by atoms with Gasteiger partial charge in [0.05, 0.1) is 7.11 Å². The molecule has 4 nitrogen and oxygen atoms in total. The lowest BCUT2D eigenvalue weighted by Gasteiger charge is -2.13. The molecule has 1 amide bonds. The van der Waals surface area contributed by atoms with Gasteiger partial charge in [-0.25, -0.2) is 0 Å². The SMILES string of the molecule is CCCC(C)NC(=O)c1ccc(OC)c(O)c1. The van der Waals surface area contributed by atoms with Crippen LogP contribution in [0.3, 0.4) is 0 Å². The largest absolute Gasteiger partial charge is 0.504 e. The van der Waals surface area contributed by atoms with Gasteiger partial charge < -0.3 is 15.2 Å². The van der Waals surface area contributed by atoms with E-state index in [4.69, 9.17) is 4.74 Å². The number of hydrogen-bond donors (Lipinski definition) is 2. The lowest BCUT2D eigenvalue weighted by molar-refractivity contribution is 0.0938. The van der Waals surface area contributed by atoms with Gasteiger partial charge in [-0.3, -0.25) is 4.79 Å². The van der Waals surface area contributed by atoms with Gasteiger partial charge in [0.1, 0.15) is 0 Å². The molecule has 1 aromatic rings. The Morgan fingerprint density at radius 2 is 2.24 bits per heavy atom. The Balaban J connectivity index is 2.72. The fourth-order valence-electron chi connectivity index (χ4n) is 1.64. The first kappa shape index (κ1) is 13.4. The number of amides is 1. The van der Waals surface area contributed by atoms with E-state index in [1.807, 2.05) is 6.92 Å². The van der Waals surface area contributed by atoms with Crippen molar-refractivity contribution in [1.29, 1.82) is 0 Å². The lowest BCUT2D eigenvalue weighted by atomic mass is 10.1. The minimum absolute atomic E-state index is 0.0247. The summed E-state index contributed by atoms with van der Waals surface area (Å²) in [6.07, 6.45) is 1.96. The van der Waals surface area contributed by atoms with Crippen LogP contribution in [-0.4, -0.2) is 24.2 Å². The molecule has 0 bridgehead atoms. The molecule has 94 valence electrons. The molecule has 17 heavy (non-hydrogen) atoms. The Labute approximate surface area is 102 Å². The fourth-order valence-corrected chi connectivity index (χ4v) is 1.64. The summed E-state index contributed by atoms with van der Waals surface area (Å²) < 4.78 is 4.92. The number of rotatable bonds is 5. The number of phenols is 1. The van der Waals surface area contributed by atoms with E-state index in [0.29, 0.717) is 11.3 Å². The van der Waals surface area contributed by atoms with E-state index in [2.05, 4.69) is 12.2 Å². The average molecular weight is 237 g/mol. The van der Waals surface area contributed by atoms with Crippen LogP contribution in [0.1, 0.15) is 37.0 Å². The molecule has 4 heteroatoms. The Morgan fingerprint density at radius 1 is 1.53 bits per heavy atom. The number of benzene rings is 1. The van der Waals surface area contributed by atoms with Crippen LogP contribution in [-0.2, 0) is 0 Å². The molecule has 0 heterocycles. The molecule has 1 unspecified atom stereocenters. The second kappa shape index (κ2) is 6.13. The smallest absolute Gasteiger partial charge is 0.251 e. The fraction of sp³-hybridized carbons (Fsp3) is 0.462. The minimum Gasteiger partial charge on any atom is -0.504 e. The van der Waals surface area contributed by atoms with E-state index < -0.39 is 0 Å². The Bertz CT molecular complexity index is 390. The second-order valence-electron chi connectivity index (χ2n) is 4.05. The van der Waals surface area contributed by atoms with Gasteiger partial charge in [0.2, 0.25) is 0 Å². The molecule has 2 N–H and O–H groups in total. The number of methoxy groups -OCH3 is 1. The summed E-state index contributed by atoms with van der Waals surface area (Å²) in [6.45, 7) is 4.03. The van der Waals surface area contributed by atoms with Crippen molar-refractivity contribution in [3.8, 4) is 11.5 Å². The zero-order valence-electron chi connectivity index (χ0n) is 10.5. The van der Waals surface area contributed by atoms with Gasteiger partial charge in [-0.2, -0.15) is 0 Å². The Kier molecular flexibility index (Phi) is 4.82. The molecule has 0 saturated heterocycles. The Hall–Kier alpha value is -1.71. The van der Waals surface area contributed by atoms with Crippen molar-refractivity contribution in [2.75, 3.05) is 7.11 Å². The van der Waals surface area contributed by atoms with Crippen molar-refractivity contribution < 1.29 is 14.6 Å². The minimum atomic E-state index is -0.177.